The molecule has 1 aromatic carbocycles. The fourth-order valence-corrected chi connectivity index (χ4v) is 8.87. The Kier molecular flexibility index (Phi) is 8.43. The van der Waals surface area contributed by atoms with E-state index in [2.05, 4.69) is 25.5 Å². The molecule has 0 radical (unpaired) electrons. The summed E-state index contributed by atoms with van der Waals surface area (Å²) in [5, 5.41) is 3.98. The van der Waals surface area contributed by atoms with Crippen molar-refractivity contribution in [1.29, 1.82) is 0 Å². The minimum Gasteiger partial charge on any atom is -0.494 e. The van der Waals surface area contributed by atoms with E-state index in [4.69, 9.17) is 20.4 Å². The molecule has 4 atom stereocenters. The fourth-order valence-electron chi connectivity index (χ4n) is 8.87. The van der Waals surface area contributed by atoms with E-state index in [9.17, 15) is 18.4 Å². The van der Waals surface area contributed by atoms with Crippen molar-refractivity contribution in [3.63, 3.8) is 0 Å². The Morgan fingerprint density at radius 1 is 1.00 bits per heavy atom. The minimum atomic E-state index is -2.72. The van der Waals surface area contributed by atoms with Gasteiger partial charge in [-0.1, -0.05) is 6.42 Å². The van der Waals surface area contributed by atoms with Crippen LogP contribution in [-0.4, -0.2) is 66.5 Å². The van der Waals surface area contributed by atoms with Gasteiger partial charge in [0, 0.05) is 42.2 Å². The second-order valence-electron chi connectivity index (χ2n) is 15.3. The smallest absolute Gasteiger partial charge is 0.280 e. The largest absolute Gasteiger partial charge is 0.494 e. The first-order chi connectivity index (χ1) is 25.7. The number of methoxy groups -OCH3 is 1. The van der Waals surface area contributed by atoms with Gasteiger partial charge >= 0.3 is 0 Å². The summed E-state index contributed by atoms with van der Waals surface area (Å²) in [6.45, 7) is 3.08. The molecule has 3 N–H and O–H groups in total. The van der Waals surface area contributed by atoms with Gasteiger partial charge in [-0.2, -0.15) is 0 Å². The predicted octanol–water partition coefficient (Wildman–Crippen LogP) is 6.90. The van der Waals surface area contributed by atoms with Crippen LogP contribution in [0.2, 0.25) is 0 Å². The molecule has 4 aliphatic rings. The lowest BCUT2D eigenvalue weighted by Crippen LogP contribution is -2.51. The molecule has 0 spiro atoms. The number of fused-ring (bicyclic) bond motifs is 5. The van der Waals surface area contributed by atoms with Crippen molar-refractivity contribution >= 4 is 33.9 Å². The number of hydrogen-bond acceptors (Lipinski definition) is 7. The van der Waals surface area contributed by atoms with Gasteiger partial charge in [0.05, 0.1) is 41.3 Å². The number of piperidine rings is 1. The second-order valence-corrected chi connectivity index (χ2v) is 15.3. The molecule has 3 fully saturated rings. The van der Waals surface area contributed by atoms with E-state index < -0.39 is 12.5 Å². The lowest BCUT2D eigenvalue weighted by atomic mass is 9.94. The van der Waals surface area contributed by atoms with E-state index in [0.29, 0.717) is 65.6 Å². The van der Waals surface area contributed by atoms with Crippen molar-refractivity contribution < 1.29 is 23.1 Å². The molecular weight excluding hydrogens is 678 g/mol. The van der Waals surface area contributed by atoms with Gasteiger partial charge in [-0.25, -0.2) is 18.7 Å². The average Bonchev–Trinajstić information content (AvgIpc) is 3.62. The number of alkyl halides is 2. The molecule has 5 aromatic rings. The Morgan fingerprint density at radius 3 is 2.62 bits per heavy atom. The van der Waals surface area contributed by atoms with Crippen molar-refractivity contribution in [3.05, 3.63) is 70.7 Å². The van der Waals surface area contributed by atoms with Crippen molar-refractivity contribution in [3.8, 4) is 17.3 Å². The third-order valence-electron chi connectivity index (χ3n) is 11.8. The maximum atomic E-state index is 14.1. The number of carbonyl (C=O) groups excluding carboxylic acids is 2. The predicted molar refractivity (Wildman–Crippen MR) is 196 cm³/mol. The molecule has 0 unspecified atom stereocenters. The number of carbonyl (C=O) groups is 2. The number of halogens is 2. The van der Waals surface area contributed by atoms with Crippen LogP contribution in [0, 0.1) is 5.92 Å². The highest BCUT2D eigenvalue weighted by Crippen LogP contribution is 2.45. The molecule has 4 bridgehead atoms. The van der Waals surface area contributed by atoms with Gasteiger partial charge in [-0.05, 0) is 107 Å². The number of benzene rings is 1. The van der Waals surface area contributed by atoms with E-state index in [1.165, 1.54) is 12.1 Å². The topological polar surface area (TPSA) is 133 Å². The standard InChI is InChI=1S/C40H44F2N8O3/c1-21-29-13-8-23-18-33(48(37(23)46-29)15-5-3-4-6-30-27(39(51)44-21)12-14-31(45-30)36(41)42)38-47-32-17-24(19-34(53-2)35(32)50(38)25-10-11-25)40(52)49-20-28(43)22-7-9-26(49)16-22/h8,12-14,17-19,21-22,25-26,28,36H,3-7,9-11,15-16,20,43H2,1-2H3,(H,44,51)/t21-,22-,26+,28+/m1/s1. The Balaban J connectivity index is 1.12. The van der Waals surface area contributed by atoms with Crippen LogP contribution >= 0.6 is 0 Å². The average molecular weight is 723 g/mol. The first kappa shape index (κ1) is 33.9. The van der Waals surface area contributed by atoms with Gasteiger partial charge in [0.15, 0.2) is 5.82 Å². The third-order valence-corrected chi connectivity index (χ3v) is 11.8. The molecule has 1 saturated heterocycles. The van der Waals surface area contributed by atoms with Gasteiger partial charge in [-0.15, -0.1) is 0 Å². The number of ether oxygens (including phenoxy) is 1. The van der Waals surface area contributed by atoms with Gasteiger partial charge in [0.25, 0.3) is 18.2 Å². The molecule has 4 aromatic heterocycles. The summed E-state index contributed by atoms with van der Waals surface area (Å²) >= 11 is 0. The molecule has 13 heteroatoms. The number of aromatic nitrogens is 5. The number of nitrogens with one attached hydrogen (secondary N) is 1. The first-order valence-electron chi connectivity index (χ1n) is 18.9. The molecular formula is C40H44F2N8O3. The summed E-state index contributed by atoms with van der Waals surface area (Å²) in [6.07, 6.45) is 5.00. The van der Waals surface area contributed by atoms with Crippen molar-refractivity contribution in [1.82, 2.24) is 34.3 Å². The summed E-state index contributed by atoms with van der Waals surface area (Å²) in [4.78, 5) is 44.1. The summed E-state index contributed by atoms with van der Waals surface area (Å²) in [6, 6.07) is 12.5. The summed E-state index contributed by atoms with van der Waals surface area (Å²) in [5.41, 5.74) is 11.4. The highest BCUT2D eigenvalue weighted by molar-refractivity contribution is 6.00. The molecule has 276 valence electrons. The normalized spacial score (nSPS) is 23.4. The monoisotopic (exact) mass is 722 g/mol. The maximum absolute atomic E-state index is 14.1. The molecule has 2 aliphatic carbocycles. The fraction of sp³-hybridized carbons (Fsp3) is 0.475. The van der Waals surface area contributed by atoms with Crippen molar-refractivity contribution in [2.75, 3.05) is 13.7 Å². The Hall–Kier alpha value is -4.91. The van der Waals surface area contributed by atoms with Gasteiger partial charge in [0.1, 0.15) is 22.6 Å². The highest BCUT2D eigenvalue weighted by atomic mass is 19.3. The molecule has 53 heavy (non-hydrogen) atoms. The minimum absolute atomic E-state index is 0.00652. The number of aryl methyl sites for hydroxylation is 2. The number of rotatable bonds is 5. The van der Waals surface area contributed by atoms with E-state index in [0.717, 1.165) is 73.0 Å². The number of likely N-dealkylation sites (tertiary alicyclic amines) is 1. The number of nitrogens with zero attached hydrogens (tertiary/aromatic N) is 6. The van der Waals surface area contributed by atoms with Crippen LogP contribution in [0.4, 0.5) is 8.78 Å². The van der Waals surface area contributed by atoms with E-state index in [1.54, 1.807) is 7.11 Å². The number of nitrogens with two attached hydrogens (primary N) is 1. The van der Waals surface area contributed by atoms with Crippen LogP contribution in [-0.2, 0) is 13.0 Å². The Morgan fingerprint density at radius 2 is 1.83 bits per heavy atom. The quantitative estimate of drug-likeness (QED) is 0.202. The van der Waals surface area contributed by atoms with E-state index in [1.807, 2.05) is 36.1 Å². The number of pyridine rings is 2. The molecule has 2 aliphatic heterocycles. The molecule has 2 saturated carbocycles. The van der Waals surface area contributed by atoms with E-state index >= 15 is 0 Å². The van der Waals surface area contributed by atoms with Crippen molar-refractivity contribution in [2.45, 2.75) is 102 Å². The van der Waals surface area contributed by atoms with Gasteiger partial charge < -0.3 is 29.8 Å². The van der Waals surface area contributed by atoms with Crippen LogP contribution in [0.5, 0.6) is 5.75 Å². The number of imidazole rings is 1. The first-order valence-corrected chi connectivity index (χ1v) is 18.9. The summed E-state index contributed by atoms with van der Waals surface area (Å²) < 4.78 is 37.6. The second kappa shape index (κ2) is 13.2. The van der Waals surface area contributed by atoms with Crippen LogP contribution in [0.3, 0.4) is 0 Å². The summed E-state index contributed by atoms with van der Waals surface area (Å²) in [7, 11) is 1.64. The maximum Gasteiger partial charge on any atom is 0.280 e. The lowest BCUT2D eigenvalue weighted by molar-refractivity contribution is 0.0603. The van der Waals surface area contributed by atoms with Gasteiger partial charge in [0.2, 0.25) is 0 Å². The Labute approximate surface area is 305 Å². The zero-order chi connectivity index (χ0) is 36.5. The molecule has 6 heterocycles. The zero-order valence-corrected chi connectivity index (χ0v) is 30.0. The molecule has 11 nitrogen and oxygen atoms in total. The van der Waals surface area contributed by atoms with Crippen LogP contribution in [0.15, 0.2) is 42.5 Å². The molecule has 2 amide bonds. The van der Waals surface area contributed by atoms with Crippen molar-refractivity contribution in [2.24, 2.45) is 11.7 Å². The van der Waals surface area contributed by atoms with Crippen LogP contribution in [0.25, 0.3) is 33.6 Å². The van der Waals surface area contributed by atoms with Crippen LogP contribution < -0.4 is 15.8 Å². The highest BCUT2D eigenvalue weighted by Gasteiger charge is 2.41. The number of hydrogen-bond donors (Lipinski definition) is 2. The lowest BCUT2D eigenvalue weighted by Gasteiger charge is -2.37. The summed E-state index contributed by atoms with van der Waals surface area (Å²) in [5.74, 6) is 1.51. The Bertz CT molecular complexity index is 2260. The van der Waals surface area contributed by atoms with Crippen LogP contribution in [0.1, 0.15) is 115 Å². The molecule has 9 rings (SSSR count). The SMILES string of the molecule is COc1cc(C(=O)N2C[C@H](N)[C@@H]3CC[C@H]2C3)cc2nc(-c3cc4ccc5nc4n3CCCCCc3nc(C(F)F)ccc3C(=O)N[C@@H]5C)n(C3CC3)c12. The third kappa shape index (κ3) is 5.93. The number of amides is 2. The van der Waals surface area contributed by atoms with E-state index in [-0.39, 0.29) is 35.6 Å². The van der Waals surface area contributed by atoms with Gasteiger partial charge in [-0.3, -0.25) is 14.6 Å². The zero-order valence-electron chi connectivity index (χ0n) is 30.0.